The molecule has 0 aromatic heterocycles. The Kier molecular flexibility index (Phi) is 5.85. The average Bonchev–Trinajstić information content (AvgIpc) is 2.90. The summed E-state index contributed by atoms with van der Waals surface area (Å²) in [6, 6.07) is -0.155. The third kappa shape index (κ3) is 3.95. The molecule has 2 fully saturated rings. The molecule has 1 saturated heterocycles. The van der Waals surface area contributed by atoms with E-state index in [0.717, 1.165) is 13.0 Å². The van der Waals surface area contributed by atoms with Crippen molar-refractivity contribution in [2.45, 2.75) is 57.9 Å². The van der Waals surface area contributed by atoms with Gasteiger partial charge in [0, 0.05) is 6.54 Å². The van der Waals surface area contributed by atoms with E-state index in [-0.39, 0.29) is 12.0 Å². The Morgan fingerprint density at radius 1 is 1.25 bits per heavy atom. The predicted octanol–water partition coefficient (Wildman–Crippen LogP) is 2.18. The Morgan fingerprint density at radius 2 is 1.90 bits per heavy atom. The van der Waals surface area contributed by atoms with Crippen molar-refractivity contribution < 1.29 is 9.53 Å². The van der Waals surface area contributed by atoms with E-state index >= 15 is 0 Å². The van der Waals surface area contributed by atoms with Crippen LogP contribution >= 0.6 is 0 Å². The number of nitrogens with zero attached hydrogens (tertiary/aromatic N) is 1. The van der Waals surface area contributed by atoms with Gasteiger partial charge >= 0.3 is 5.97 Å². The first-order valence-corrected chi connectivity index (χ1v) is 8.25. The molecule has 1 spiro atoms. The lowest BCUT2D eigenvalue weighted by atomic mass is 9.77. The van der Waals surface area contributed by atoms with Crippen LogP contribution in [0.1, 0.15) is 51.9 Å². The summed E-state index contributed by atoms with van der Waals surface area (Å²) in [5, 5.41) is 3.07. The number of esters is 1. The Hall–Kier alpha value is -0.610. The van der Waals surface area contributed by atoms with Crippen molar-refractivity contribution in [3.05, 3.63) is 0 Å². The SMILES string of the molecule is CCOC(=O)C(CCN1CCC2(CCCC2)CC1)NC. The summed E-state index contributed by atoms with van der Waals surface area (Å²) in [5.41, 5.74) is 0.681. The van der Waals surface area contributed by atoms with Crippen LogP contribution in [0.15, 0.2) is 0 Å². The third-order valence-corrected chi connectivity index (χ3v) is 5.23. The quantitative estimate of drug-likeness (QED) is 0.758. The van der Waals surface area contributed by atoms with Gasteiger partial charge in [-0.05, 0) is 64.6 Å². The zero-order valence-electron chi connectivity index (χ0n) is 13.1. The van der Waals surface area contributed by atoms with E-state index in [1.54, 1.807) is 0 Å². The molecule has 0 aromatic carbocycles. The third-order valence-electron chi connectivity index (χ3n) is 5.23. The molecule has 1 aliphatic heterocycles. The first-order valence-electron chi connectivity index (χ1n) is 8.25. The molecule has 1 atom stereocenters. The Morgan fingerprint density at radius 3 is 2.45 bits per heavy atom. The summed E-state index contributed by atoms with van der Waals surface area (Å²) in [5.74, 6) is -0.112. The van der Waals surface area contributed by atoms with E-state index in [1.165, 1.54) is 51.6 Å². The highest BCUT2D eigenvalue weighted by Crippen LogP contribution is 2.46. The van der Waals surface area contributed by atoms with Crippen LogP contribution in [0.3, 0.4) is 0 Å². The van der Waals surface area contributed by atoms with E-state index in [9.17, 15) is 4.79 Å². The first kappa shape index (κ1) is 15.8. The highest BCUT2D eigenvalue weighted by Gasteiger charge is 2.36. The second kappa shape index (κ2) is 7.41. The van der Waals surface area contributed by atoms with Crippen molar-refractivity contribution in [1.29, 1.82) is 0 Å². The smallest absolute Gasteiger partial charge is 0.323 e. The second-order valence-corrected chi connectivity index (χ2v) is 6.43. The molecular formula is C16H30N2O2. The molecule has 1 heterocycles. The molecule has 1 saturated carbocycles. The van der Waals surface area contributed by atoms with Gasteiger partial charge in [0.15, 0.2) is 0 Å². The maximum atomic E-state index is 11.7. The lowest BCUT2D eigenvalue weighted by Gasteiger charge is -2.39. The van der Waals surface area contributed by atoms with E-state index in [1.807, 2.05) is 14.0 Å². The predicted molar refractivity (Wildman–Crippen MR) is 80.7 cm³/mol. The van der Waals surface area contributed by atoms with Crippen molar-refractivity contribution in [3.63, 3.8) is 0 Å². The number of hydrogen-bond acceptors (Lipinski definition) is 4. The number of carbonyl (C=O) groups excluding carboxylic acids is 1. The number of nitrogens with one attached hydrogen (secondary N) is 1. The van der Waals surface area contributed by atoms with Gasteiger partial charge in [-0.3, -0.25) is 4.79 Å². The number of rotatable bonds is 6. The molecule has 4 heteroatoms. The van der Waals surface area contributed by atoms with Gasteiger partial charge in [-0.15, -0.1) is 0 Å². The summed E-state index contributed by atoms with van der Waals surface area (Å²) >= 11 is 0. The molecule has 0 radical (unpaired) electrons. The van der Waals surface area contributed by atoms with Crippen molar-refractivity contribution >= 4 is 5.97 Å². The number of piperidine rings is 1. The minimum Gasteiger partial charge on any atom is -0.465 e. The van der Waals surface area contributed by atoms with Crippen LogP contribution in [0.25, 0.3) is 0 Å². The van der Waals surface area contributed by atoms with Gasteiger partial charge in [0.05, 0.1) is 6.61 Å². The van der Waals surface area contributed by atoms with Gasteiger partial charge in [-0.25, -0.2) is 0 Å². The molecule has 1 aliphatic carbocycles. The molecule has 2 aliphatic rings. The molecule has 116 valence electrons. The molecule has 0 bridgehead atoms. The molecule has 1 N–H and O–H groups in total. The maximum Gasteiger partial charge on any atom is 0.323 e. The van der Waals surface area contributed by atoms with Crippen LogP contribution in [0.4, 0.5) is 0 Å². The summed E-state index contributed by atoms with van der Waals surface area (Å²) in [6.07, 6.45) is 9.33. The maximum absolute atomic E-state index is 11.7. The van der Waals surface area contributed by atoms with Gasteiger partial charge in [-0.2, -0.15) is 0 Å². The van der Waals surface area contributed by atoms with Gasteiger partial charge in [0.1, 0.15) is 6.04 Å². The Labute approximate surface area is 123 Å². The van der Waals surface area contributed by atoms with Crippen molar-refractivity contribution in [2.24, 2.45) is 5.41 Å². The van der Waals surface area contributed by atoms with E-state index in [0.29, 0.717) is 12.0 Å². The zero-order valence-corrected chi connectivity index (χ0v) is 13.1. The van der Waals surface area contributed by atoms with Crippen LogP contribution < -0.4 is 5.32 Å². The van der Waals surface area contributed by atoms with Crippen LogP contribution in [0.2, 0.25) is 0 Å². The molecular weight excluding hydrogens is 252 g/mol. The van der Waals surface area contributed by atoms with Crippen LogP contribution in [-0.4, -0.2) is 50.2 Å². The molecule has 20 heavy (non-hydrogen) atoms. The fraction of sp³-hybridized carbons (Fsp3) is 0.938. The van der Waals surface area contributed by atoms with Crippen LogP contribution in [0, 0.1) is 5.41 Å². The standard InChI is InChI=1S/C16H30N2O2/c1-3-20-15(19)14(17-2)6-11-18-12-9-16(10-13-18)7-4-5-8-16/h14,17H,3-13H2,1-2H3. The number of carbonyl (C=O) groups is 1. The number of hydrogen-bond donors (Lipinski definition) is 1. The monoisotopic (exact) mass is 282 g/mol. The fourth-order valence-corrected chi connectivity index (χ4v) is 3.81. The van der Waals surface area contributed by atoms with Gasteiger partial charge in [-0.1, -0.05) is 12.8 Å². The minimum absolute atomic E-state index is 0.112. The molecule has 4 nitrogen and oxygen atoms in total. The molecule has 2 rings (SSSR count). The van der Waals surface area contributed by atoms with Crippen molar-refractivity contribution in [2.75, 3.05) is 33.3 Å². The Balaban J connectivity index is 1.70. The normalized spacial score (nSPS) is 23.9. The summed E-state index contributed by atoms with van der Waals surface area (Å²) in [4.78, 5) is 14.3. The average molecular weight is 282 g/mol. The lowest BCUT2D eigenvalue weighted by Crippen LogP contribution is -2.43. The van der Waals surface area contributed by atoms with E-state index < -0.39 is 0 Å². The van der Waals surface area contributed by atoms with Crippen molar-refractivity contribution in [1.82, 2.24) is 10.2 Å². The van der Waals surface area contributed by atoms with E-state index in [2.05, 4.69) is 10.2 Å². The highest BCUT2D eigenvalue weighted by molar-refractivity contribution is 5.75. The lowest BCUT2D eigenvalue weighted by molar-refractivity contribution is -0.145. The number of likely N-dealkylation sites (tertiary alicyclic amines) is 1. The fourth-order valence-electron chi connectivity index (χ4n) is 3.81. The summed E-state index contributed by atoms with van der Waals surface area (Å²) in [6.45, 7) is 5.73. The van der Waals surface area contributed by atoms with Gasteiger partial charge in [0.25, 0.3) is 0 Å². The zero-order chi connectivity index (χ0) is 14.4. The molecule has 0 amide bonds. The van der Waals surface area contributed by atoms with Gasteiger partial charge < -0.3 is 15.0 Å². The molecule has 0 aromatic rings. The summed E-state index contributed by atoms with van der Waals surface area (Å²) < 4.78 is 5.09. The Bertz CT molecular complexity index is 304. The highest BCUT2D eigenvalue weighted by atomic mass is 16.5. The van der Waals surface area contributed by atoms with Crippen LogP contribution in [0.5, 0.6) is 0 Å². The van der Waals surface area contributed by atoms with E-state index in [4.69, 9.17) is 4.74 Å². The largest absolute Gasteiger partial charge is 0.465 e. The van der Waals surface area contributed by atoms with Crippen LogP contribution in [-0.2, 0) is 9.53 Å². The first-order chi connectivity index (χ1) is 9.69. The number of ether oxygens (including phenoxy) is 1. The minimum atomic E-state index is -0.155. The van der Waals surface area contributed by atoms with Gasteiger partial charge in [0.2, 0.25) is 0 Å². The second-order valence-electron chi connectivity index (χ2n) is 6.43. The molecule has 1 unspecified atom stereocenters. The topological polar surface area (TPSA) is 41.6 Å². The van der Waals surface area contributed by atoms with Crippen molar-refractivity contribution in [3.8, 4) is 0 Å². The number of likely N-dealkylation sites (N-methyl/N-ethyl adjacent to an activating group) is 1. The summed E-state index contributed by atoms with van der Waals surface area (Å²) in [7, 11) is 1.84.